The van der Waals surface area contributed by atoms with Gasteiger partial charge in [0.05, 0.1) is 21.7 Å². The number of rotatable bonds is 5. The van der Waals surface area contributed by atoms with Crippen LogP contribution in [0.5, 0.6) is 0 Å². The van der Waals surface area contributed by atoms with Gasteiger partial charge in [-0.1, -0.05) is 41.9 Å². The van der Waals surface area contributed by atoms with E-state index in [0.29, 0.717) is 5.56 Å². The van der Waals surface area contributed by atoms with Crippen molar-refractivity contribution in [2.24, 2.45) is 0 Å². The summed E-state index contributed by atoms with van der Waals surface area (Å²) in [5, 5.41) is 2.16. The van der Waals surface area contributed by atoms with Gasteiger partial charge in [-0.3, -0.25) is 9.59 Å². The van der Waals surface area contributed by atoms with Crippen LogP contribution in [0.3, 0.4) is 0 Å². The molecule has 0 atom stereocenters. The number of hydrogen-bond donors (Lipinski definition) is 1. The maximum atomic E-state index is 12.8. The second-order valence-electron chi connectivity index (χ2n) is 6.31. The molecule has 0 spiro atoms. The molecule has 0 aromatic heterocycles. The molecule has 2 aromatic rings. The van der Waals surface area contributed by atoms with Crippen molar-refractivity contribution in [1.82, 2.24) is 0 Å². The Kier molecular flexibility index (Phi) is 6.15. The Morgan fingerprint density at radius 2 is 1.67 bits per heavy atom. The number of carbonyl (C=O) groups is 2. The first kappa shape index (κ1) is 20.8. The molecule has 0 bridgehead atoms. The fraction of sp³-hybridized carbons (Fsp3) is 0.263. The first-order valence-electron chi connectivity index (χ1n) is 7.91. The van der Waals surface area contributed by atoms with Crippen molar-refractivity contribution in [3.63, 3.8) is 0 Å². The van der Waals surface area contributed by atoms with Crippen LogP contribution in [0.2, 0.25) is 5.02 Å². The zero-order chi connectivity index (χ0) is 20.2. The van der Waals surface area contributed by atoms with Gasteiger partial charge in [0.1, 0.15) is 0 Å². The number of nitrogens with one attached hydrogen (secondary N) is 1. The van der Waals surface area contributed by atoms with Crippen LogP contribution in [0.15, 0.2) is 48.5 Å². The number of anilines is 1. The predicted molar refractivity (Wildman–Crippen MR) is 95.5 cm³/mol. The minimum atomic E-state index is -4.57. The highest BCUT2D eigenvalue weighted by molar-refractivity contribution is 6.33. The Labute approximate surface area is 159 Å². The average Bonchev–Trinajstić information content (AvgIpc) is 2.61. The van der Waals surface area contributed by atoms with Crippen LogP contribution >= 0.6 is 11.6 Å². The van der Waals surface area contributed by atoms with Crippen LogP contribution < -0.4 is 5.32 Å². The van der Waals surface area contributed by atoms with Crippen LogP contribution in [0.1, 0.15) is 25.0 Å². The monoisotopic (exact) mass is 399 g/mol. The summed E-state index contributed by atoms with van der Waals surface area (Å²) in [5.41, 5.74) is -1.45. The third kappa shape index (κ3) is 5.23. The highest BCUT2D eigenvalue weighted by Crippen LogP contribution is 2.33. The second-order valence-corrected chi connectivity index (χ2v) is 6.71. The van der Waals surface area contributed by atoms with Gasteiger partial charge in [0.15, 0.2) is 6.61 Å². The lowest BCUT2D eigenvalue weighted by atomic mass is 9.85. The molecular weight excluding hydrogens is 383 g/mol. The molecule has 144 valence electrons. The Balaban J connectivity index is 2.02. The number of amides is 1. The number of esters is 1. The van der Waals surface area contributed by atoms with Crippen molar-refractivity contribution in [3.05, 3.63) is 64.7 Å². The summed E-state index contributed by atoms with van der Waals surface area (Å²) < 4.78 is 43.3. The standard InChI is InChI=1S/C19H17ClF3NO3/c1-18(2,12-6-4-3-5-7-12)17(26)27-11-16(25)24-15-10-13(19(21,22)23)8-9-14(15)20/h3-10H,11H2,1-2H3,(H,24,25). The summed E-state index contributed by atoms with van der Waals surface area (Å²) in [4.78, 5) is 24.3. The molecule has 0 radical (unpaired) electrons. The molecule has 0 aliphatic carbocycles. The zero-order valence-electron chi connectivity index (χ0n) is 14.6. The number of hydrogen-bond acceptors (Lipinski definition) is 3. The summed E-state index contributed by atoms with van der Waals surface area (Å²) in [7, 11) is 0. The van der Waals surface area contributed by atoms with E-state index < -0.39 is 35.6 Å². The van der Waals surface area contributed by atoms with E-state index in [1.807, 2.05) is 0 Å². The number of alkyl halides is 3. The summed E-state index contributed by atoms with van der Waals surface area (Å²) in [5.74, 6) is -1.44. The molecule has 0 aliphatic rings. The van der Waals surface area contributed by atoms with Crippen molar-refractivity contribution in [2.45, 2.75) is 25.4 Å². The first-order valence-corrected chi connectivity index (χ1v) is 8.29. The van der Waals surface area contributed by atoms with E-state index >= 15 is 0 Å². The highest BCUT2D eigenvalue weighted by Gasteiger charge is 2.32. The van der Waals surface area contributed by atoms with Crippen LogP contribution in [-0.4, -0.2) is 18.5 Å². The van der Waals surface area contributed by atoms with E-state index in [4.69, 9.17) is 16.3 Å². The van der Waals surface area contributed by atoms with Crippen molar-refractivity contribution >= 4 is 29.2 Å². The molecule has 4 nitrogen and oxygen atoms in total. The lowest BCUT2D eigenvalue weighted by molar-refractivity contribution is -0.152. The predicted octanol–water partition coefficient (Wildman–Crippen LogP) is 4.82. The van der Waals surface area contributed by atoms with E-state index in [2.05, 4.69) is 5.32 Å². The van der Waals surface area contributed by atoms with Gasteiger partial charge < -0.3 is 10.1 Å². The third-order valence-electron chi connectivity index (χ3n) is 3.91. The van der Waals surface area contributed by atoms with Crippen LogP contribution in [0.25, 0.3) is 0 Å². The van der Waals surface area contributed by atoms with Crippen molar-refractivity contribution < 1.29 is 27.5 Å². The van der Waals surface area contributed by atoms with E-state index in [9.17, 15) is 22.8 Å². The number of halogens is 4. The minimum Gasteiger partial charge on any atom is -0.455 e. The number of benzene rings is 2. The summed E-state index contributed by atoms with van der Waals surface area (Å²) >= 11 is 5.82. The Morgan fingerprint density at radius 1 is 1.04 bits per heavy atom. The van der Waals surface area contributed by atoms with Gasteiger partial charge in [-0.15, -0.1) is 0 Å². The molecule has 0 aliphatic heterocycles. The fourth-order valence-corrected chi connectivity index (χ4v) is 2.43. The zero-order valence-corrected chi connectivity index (χ0v) is 15.3. The number of carbonyl (C=O) groups excluding carboxylic acids is 2. The molecule has 27 heavy (non-hydrogen) atoms. The normalized spacial score (nSPS) is 11.8. The maximum absolute atomic E-state index is 12.8. The molecule has 0 fully saturated rings. The first-order chi connectivity index (χ1) is 12.5. The van der Waals surface area contributed by atoms with Crippen LogP contribution in [0.4, 0.5) is 18.9 Å². The SMILES string of the molecule is CC(C)(C(=O)OCC(=O)Nc1cc(C(F)(F)F)ccc1Cl)c1ccccc1. The van der Waals surface area contributed by atoms with Crippen molar-refractivity contribution in [1.29, 1.82) is 0 Å². The average molecular weight is 400 g/mol. The van der Waals surface area contributed by atoms with Crippen molar-refractivity contribution in [3.8, 4) is 0 Å². The van der Waals surface area contributed by atoms with E-state index in [-0.39, 0.29) is 10.7 Å². The summed E-state index contributed by atoms with van der Waals surface area (Å²) in [6.45, 7) is 2.64. The van der Waals surface area contributed by atoms with Gasteiger partial charge in [-0.05, 0) is 37.6 Å². The van der Waals surface area contributed by atoms with Gasteiger partial charge in [-0.25, -0.2) is 0 Å². The van der Waals surface area contributed by atoms with Gasteiger partial charge in [-0.2, -0.15) is 13.2 Å². The largest absolute Gasteiger partial charge is 0.455 e. The molecule has 0 saturated heterocycles. The quantitative estimate of drug-likeness (QED) is 0.733. The minimum absolute atomic E-state index is 0.0627. The lowest BCUT2D eigenvalue weighted by Gasteiger charge is -2.23. The third-order valence-corrected chi connectivity index (χ3v) is 4.24. The fourth-order valence-electron chi connectivity index (χ4n) is 2.27. The molecule has 0 saturated carbocycles. The van der Waals surface area contributed by atoms with Crippen molar-refractivity contribution in [2.75, 3.05) is 11.9 Å². The number of ether oxygens (including phenoxy) is 1. The molecular formula is C19H17ClF3NO3. The topological polar surface area (TPSA) is 55.4 Å². The van der Waals surface area contributed by atoms with E-state index in [1.165, 1.54) is 0 Å². The van der Waals surface area contributed by atoms with Gasteiger partial charge >= 0.3 is 12.1 Å². The smallest absolute Gasteiger partial charge is 0.416 e. The summed E-state index contributed by atoms with van der Waals surface area (Å²) in [6, 6.07) is 11.4. The van der Waals surface area contributed by atoms with E-state index in [0.717, 1.165) is 18.2 Å². The molecule has 2 rings (SSSR count). The molecule has 0 heterocycles. The van der Waals surface area contributed by atoms with Gasteiger partial charge in [0, 0.05) is 0 Å². The second kappa shape index (κ2) is 8.00. The molecule has 0 unspecified atom stereocenters. The maximum Gasteiger partial charge on any atom is 0.416 e. The Hall–Kier alpha value is -2.54. The van der Waals surface area contributed by atoms with Gasteiger partial charge in [0.25, 0.3) is 5.91 Å². The Bertz CT molecular complexity index is 836. The molecule has 2 aromatic carbocycles. The molecule has 1 amide bonds. The highest BCUT2D eigenvalue weighted by atomic mass is 35.5. The Morgan fingerprint density at radius 3 is 2.26 bits per heavy atom. The van der Waals surface area contributed by atoms with Crippen LogP contribution in [0, 0.1) is 0 Å². The summed E-state index contributed by atoms with van der Waals surface area (Å²) in [6.07, 6.45) is -4.57. The van der Waals surface area contributed by atoms with E-state index in [1.54, 1.807) is 44.2 Å². The molecule has 1 N–H and O–H groups in total. The van der Waals surface area contributed by atoms with Gasteiger partial charge in [0.2, 0.25) is 0 Å². The lowest BCUT2D eigenvalue weighted by Crippen LogP contribution is -2.33. The molecule has 8 heteroatoms. The van der Waals surface area contributed by atoms with Crippen LogP contribution in [-0.2, 0) is 25.9 Å².